The van der Waals surface area contributed by atoms with Crippen LogP contribution in [-0.4, -0.2) is 40.7 Å². The molecule has 0 aliphatic carbocycles. The molecule has 160 valence electrons. The Hall–Kier alpha value is 0.134. The summed E-state index contributed by atoms with van der Waals surface area (Å²) in [6.45, 7) is 21.2. The highest BCUT2D eigenvalue weighted by Crippen LogP contribution is 2.38. The van der Waals surface area contributed by atoms with Gasteiger partial charge in [0, 0.05) is 13.1 Å². The molecule has 0 spiro atoms. The largest absolute Gasteiger partial charge is 0.295 e. The summed E-state index contributed by atoms with van der Waals surface area (Å²) >= 11 is 0. The molecule has 0 saturated carbocycles. The predicted octanol–water partition coefficient (Wildman–Crippen LogP) is 8.20. The lowest BCUT2D eigenvalue weighted by atomic mass is 10.2. The zero-order valence-corrected chi connectivity index (χ0v) is 22.1. The van der Waals surface area contributed by atoms with Gasteiger partial charge in [-0.05, 0) is 25.1 Å². The van der Waals surface area contributed by atoms with E-state index >= 15 is 0 Å². The van der Waals surface area contributed by atoms with Gasteiger partial charge in [0.05, 0.1) is 16.1 Å². The van der Waals surface area contributed by atoms with E-state index in [1.165, 1.54) is 93.7 Å². The minimum Gasteiger partial charge on any atom is -0.295 e. The summed E-state index contributed by atoms with van der Waals surface area (Å²) in [5.41, 5.74) is 3.85. The molecule has 0 aromatic heterocycles. The highest BCUT2D eigenvalue weighted by molar-refractivity contribution is 6.81. The molecular weight excluding hydrogens is 358 g/mol. The van der Waals surface area contributed by atoms with E-state index in [1.54, 1.807) is 0 Å². The van der Waals surface area contributed by atoms with Crippen molar-refractivity contribution in [3.05, 3.63) is 11.1 Å². The quantitative estimate of drug-likeness (QED) is 0.150. The summed E-state index contributed by atoms with van der Waals surface area (Å²) in [5.74, 6) is 0. The van der Waals surface area contributed by atoms with Crippen LogP contribution in [0.2, 0.25) is 48.4 Å². The van der Waals surface area contributed by atoms with E-state index in [2.05, 4.69) is 53.4 Å². The van der Waals surface area contributed by atoms with Gasteiger partial charge < -0.3 is 0 Å². The van der Waals surface area contributed by atoms with Gasteiger partial charge in [0.1, 0.15) is 0 Å². The summed E-state index contributed by atoms with van der Waals surface area (Å²) in [5, 5.41) is 0. The lowest BCUT2D eigenvalue weighted by Crippen LogP contribution is -2.33. The Morgan fingerprint density at radius 3 is 1.33 bits per heavy atom. The van der Waals surface area contributed by atoms with E-state index in [0.29, 0.717) is 0 Å². The molecule has 3 heteroatoms. The maximum absolute atomic E-state index is 2.82. The Morgan fingerprint density at radius 2 is 1.00 bits per heavy atom. The Morgan fingerprint density at radius 1 is 0.593 bits per heavy atom. The first kappa shape index (κ1) is 25.2. The van der Waals surface area contributed by atoms with Gasteiger partial charge in [0.2, 0.25) is 0 Å². The minimum absolute atomic E-state index is 1.07. The summed E-state index contributed by atoms with van der Waals surface area (Å²) < 4.78 is 0. The van der Waals surface area contributed by atoms with E-state index in [4.69, 9.17) is 0 Å². The smallest absolute Gasteiger partial charge is 0.0568 e. The van der Waals surface area contributed by atoms with Gasteiger partial charge in [0.25, 0.3) is 0 Å². The van der Waals surface area contributed by atoms with Crippen LogP contribution in [-0.2, 0) is 0 Å². The summed E-state index contributed by atoms with van der Waals surface area (Å²) in [6, 6.07) is 11.9. The molecular formula is C24H51NSi2. The second-order valence-electron chi connectivity index (χ2n) is 9.45. The standard InChI is InChI=1S/C24H51NSi2/c1-8-15-16-17-18-25-19-23(21-26(9-2,10-3)11-4)24(20-25)22-27(12-5,13-6)14-7/h8-22H2,1-7H3. The highest BCUT2D eigenvalue weighted by atomic mass is 28.3. The minimum atomic E-state index is -1.07. The maximum atomic E-state index is 2.82. The second-order valence-corrected chi connectivity index (χ2v) is 20.4. The van der Waals surface area contributed by atoms with Crippen LogP contribution in [0, 0.1) is 0 Å². The van der Waals surface area contributed by atoms with Crippen LogP contribution in [0.25, 0.3) is 0 Å². The van der Waals surface area contributed by atoms with Crippen molar-refractivity contribution in [2.45, 2.75) is 123 Å². The summed E-state index contributed by atoms with van der Waals surface area (Å²) in [4.78, 5) is 2.82. The maximum Gasteiger partial charge on any atom is 0.0568 e. The van der Waals surface area contributed by atoms with Gasteiger partial charge in [-0.2, -0.15) is 0 Å². The van der Waals surface area contributed by atoms with Crippen LogP contribution in [0.4, 0.5) is 0 Å². The van der Waals surface area contributed by atoms with Crippen LogP contribution < -0.4 is 0 Å². The molecule has 0 radical (unpaired) electrons. The van der Waals surface area contributed by atoms with Crippen LogP contribution >= 0.6 is 0 Å². The first-order valence-corrected chi connectivity index (χ1v) is 18.0. The fraction of sp³-hybridized carbons (Fsp3) is 0.917. The molecule has 0 N–H and O–H groups in total. The van der Waals surface area contributed by atoms with Gasteiger partial charge >= 0.3 is 0 Å². The first-order valence-electron chi connectivity index (χ1n) is 12.4. The molecule has 0 fully saturated rings. The van der Waals surface area contributed by atoms with Crippen molar-refractivity contribution in [2.75, 3.05) is 19.6 Å². The third-order valence-electron chi connectivity index (χ3n) is 8.33. The normalized spacial score (nSPS) is 16.6. The van der Waals surface area contributed by atoms with Crippen LogP contribution in [0.15, 0.2) is 11.1 Å². The molecule has 1 aliphatic heterocycles. The third kappa shape index (κ3) is 7.15. The Balaban J connectivity index is 2.95. The fourth-order valence-electron chi connectivity index (χ4n) is 5.26. The number of hydrogen-bond donors (Lipinski definition) is 0. The Bertz CT molecular complexity index is 385. The predicted molar refractivity (Wildman–Crippen MR) is 132 cm³/mol. The molecule has 0 amide bonds. The van der Waals surface area contributed by atoms with E-state index in [9.17, 15) is 0 Å². The van der Waals surface area contributed by atoms with Crippen molar-refractivity contribution in [3.8, 4) is 0 Å². The number of hydrogen-bond acceptors (Lipinski definition) is 1. The SMILES string of the molecule is CCCCCCN1CC(C[Si](CC)(CC)CC)=C(C[Si](CC)(CC)CC)C1. The van der Waals surface area contributed by atoms with E-state index < -0.39 is 16.1 Å². The van der Waals surface area contributed by atoms with Gasteiger partial charge in [-0.25, -0.2) is 0 Å². The average molecular weight is 410 g/mol. The summed E-state index contributed by atoms with van der Waals surface area (Å²) in [6.07, 6.45) is 5.59. The molecule has 0 aromatic rings. The van der Waals surface area contributed by atoms with Gasteiger partial charge in [-0.3, -0.25) is 4.90 Å². The Kier molecular flexibility index (Phi) is 11.8. The lowest BCUT2D eigenvalue weighted by molar-refractivity contribution is 0.333. The molecule has 1 aliphatic rings. The number of unbranched alkanes of at least 4 members (excludes halogenated alkanes) is 3. The van der Waals surface area contributed by atoms with Crippen LogP contribution in [0.3, 0.4) is 0 Å². The van der Waals surface area contributed by atoms with Gasteiger partial charge in [0.15, 0.2) is 0 Å². The second kappa shape index (κ2) is 12.6. The molecule has 0 unspecified atom stereocenters. The van der Waals surface area contributed by atoms with Crippen molar-refractivity contribution < 1.29 is 0 Å². The lowest BCUT2D eigenvalue weighted by Gasteiger charge is -2.32. The number of rotatable bonds is 15. The molecule has 1 heterocycles. The van der Waals surface area contributed by atoms with Crippen molar-refractivity contribution >= 4 is 16.1 Å². The first-order chi connectivity index (χ1) is 13.0. The van der Waals surface area contributed by atoms with E-state index in [-0.39, 0.29) is 0 Å². The molecule has 27 heavy (non-hydrogen) atoms. The van der Waals surface area contributed by atoms with Gasteiger partial charge in [-0.1, -0.05) is 115 Å². The molecule has 0 atom stereocenters. The van der Waals surface area contributed by atoms with Gasteiger partial charge in [-0.15, -0.1) is 0 Å². The van der Waals surface area contributed by atoms with E-state index in [0.717, 1.165) is 0 Å². The van der Waals surface area contributed by atoms with Crippen molar-refractivity contribution in [1.82, 2.24) is 4.90 Å². The van der Waals surface area contributed by atoms with Crippen molar-refractivity contribution in [1.29, 1.82) is 0 Å². The molecule has 1 nitrogen and oxygen atoms in total. The molecule has 0 aromatic carbocycles. The molecule has 0 saturated heterocycles. The highest BCUT2D eigenvalue weighted by Gasteiger charge is 2.35. The van der Waals surface area contributed by atoms with Crippen LogP contribution in [0.5, 0.6) is 0 Å². The number of nitrogens with zero attached hydrogens (tertiary/aromatic N) is 1. The average Bonchev–Trinajstić information content (AvgIpc) is 3.08. The molecule has 1 rings (SSSR count). The topological polar surface area (TPSA) is 3.24 Å². The van der Waals surface area contributed by atoms with Crippen LogP contribution in [0.1, 0.15) is 74.1 Å². The monoisotopic (exact) mass is 409 g/mol. The fourth-order valence-corrected chi connectivity index (χ4v) is 12.3. The summed E-state index contributed by atoms with van der Waals surface area (Å²) in [7, 11) is -2.15. The third-order valence-corrected chi connectivity index (χ3v) is 19.7. The zero-order valence-electron chi connectivity index (χ0n) is 20.1. The zero-order chi connectivity index (χ0) is 20.3. The van der Waals surface area contributed by atoms with Crippen molar-refractivity contribution in [2.24, 2.45) is 0 Å². The molecule has 0 bridgehead atoms. The van der Waals surface area contributed by atoms with E-state index in [1.807, 2.05) is 11.1 Å². The Labute approximate surface area is 174 Å². The van der Waals surface area contributed by atoms with Crippen molar-refractivity contribution in [3.63, 3.8) is 0 Å².